The largest absolute Gasteiger partial charge is 0.466 e. The van der Waals surface area contributed by atoms with Gasteiger partial charge in [-0.2, -0.15) is 13.2 Å². The van der Waals surface area contributed by atoms with Gasteiger partial charge >= 0.3 is 12.1 Å². The smallest absolute Gasteiger partial charge is 0.435 e. The Bertz CT molecular complexity index is 1060. The van der Waals surface area contributed by atoms with Crippen molar-refractivity contribution in [2.75, 3.05) is 11.9 Å². The van der Waals surface area contributed by atoms with Gasteiger partial charge in [0.2, 0.25) is 0 Å². The van der Waals surface area contributed by atoms with E-state index in [1.54, 1.807) is 6.92 Å². The lowest BCUT2D eigenvalue weighted by Gasteiger charge is -2.10. The Morgan fingerprint density at radius 1 is 1.23 bits per heavy atom. The molecule has 0 unspecified atom stereocenters. The fraction of sp³-hybridized carbons (Fsp3) is 0.235. The van der Waals surface area contributed by atoms with Crippen LogP contribution in [-0.2, 0) is 22.1 Å². The summed E-state index contributed by atoms with van der Waals surface area (Å²) in [6.07, 6.45) is -5.11. The third-order valence-corrected chi connectivity index (χ3v) is 4.43. The van der Waals surface area contributed by atoms with Gasteiger partial charge in [-0.05, 0) is 31.2 Å². The van der Waals surface area contributed by atoms with E-state index in [1.807, 2.05) is 0 Å². The number of esters is 1. The maximum Gasteiger partial charge on any atom is 0.435 e. The van der Waals surface area contributed by atoms with Crippen molar-refractivity contribution in [2.24, 2.45) is 0 Å². The number of benzene rings is 1. The van der Waals surface area contributed by atoms with Gasteiger partial charge in [0.05, 0.1) is 24.4 Å². The molecule has 8 nitrogen and oxygen atoms in total. The molecule has 0 bridgehead atoms. The molecule has 0 aliphatic heterocycles. The Labute approximate surface area is 170 Å². The number of nitrogens with one attached hydrogen (secondary N) is 1. The molecule has 3 aromatic rings. The second kappa shape index (κ2) is 8.57. The number of nitrogens with zero attached hydrogens (tertiary/aromatic N) is 4. The van der Waals surface area contributed by atoms with Crippen molar-refractivity contribution in [3.63, 3.8) is 0 Å². The molecule has 1 N–H and O–H groups in total. The van der Waals surface area contributed by atoms with Crippen LogP contribution in [0.5, 0.6) is 0 Å². The monoisotopic (exact) mass is 443 g/mol. The molecule has 1 amide bonds. The van der Waals surface area contributed by atoms with Crippen molar-refractivity contribution >= 4 is 28.3 Å². The van der Waals surface area contributed by atoms with Crippen LogP contribution in [-0.4, -0.2) is 38.5 Å². The number of amides is 1. The number of carbonyl (C=O) groups is 2. The summed E-state index contributed by atoms with van der Waals surface area (Å²) in [4.78, 5) is 27.8. The van der Waals surface area contributed by atoms with Crippen molar-refractivity contribution in [2.45, 2.75) is 19.5 Å². The summed E-state index contributed by atoms with van der Waals surface area (Å²) in [5, 5.41) is 10.4. The van der Waals surface area contributed by atoms with Crippen LogP contribution in [0.2, 0.25) is 0 Å². The van der Waals surface area contributed by atoms with Crippen molar-refractivity contribution in [3.8, 4) is 5.69 Å². The third kappa shape index (κ3) is 4.79. The molecule has 0 fully saturated rings. The molecule has 2 heterocycles. The fourth-order valence-electron chi connectivity index (χ4n) is 2.41. The van der Waals surface area contributed by atoms with Crippen LogP contribution < -0.4 is 5.32 Å². The van der Waals surface area contributed by atoms with Crippen molar-refractivity contribution in [1.82, 2.24) is 20.0 Å². The Hall–Kier alpha value is -3.35. The number of ether oxygens (including phenoxy) is 1. The van der Waals surface area contributed by atoms with E-state index in [0.717, 1.165) is 35.6 Å². The second-order valence-corrected chi connectivity index (χ2v) is 6.61. The number of alkyl halides is 3. The molecule has 0 spiro atoms. The summed E-state index contributed by atoms with van der Waals surface area (Å²) in [6.45, 7) is 1.83. The normalized spacial score (nSPS) is 11.4. The standard InChI is InChI=1S/C17H13F4N5O3S/c1-2-29-12(27)7-10-8-30-16(22-10)23-15(28)13-14(17(19,20)21)26(25-24-13)11-5-3-9(18)4-6-11/h3-6,8H,2,7H2,1H3,(H,22,23,28). The van der Waals surface area contributed by atoms with Crippen molar-refractivity contribution in [1.29, 1.82) is 0 Å². The van der Waals surface area contributed by atoms with Crippen molar-refractivity contribution in [3.05, 3.63) is 52.5 Å². The van der Waals surface area contributed by atoms with Crippen LogP contribution >= 0.6 is 11.3 Å². The van der Waals surface area contributed by atoms with Crippen LogP contribution in [0.25, 0.3) is 5.69 Å². The SMILES string of the molecule is CCOC(=O)Cc1csc(NC(=O)c2nnn(-c3ccc(F)cc3)c2C(F)(F)F)n1. The average molecular weight is 443 g/mol. The van der Waals surface area contributed by atoms with Gasteiger partial charge in [-0.3, -0.25) is 14.9 Å². The van der Waals surface area contributed by atoms with Gasteiger partial charge in [-0.15, -0.1) is 16.4 Å². The molecule has 13 heteroatoms. The summed E-state index contributed by atoms with van der Waals surface area (Å²) < 4.78 is 59.1. The highest BCUT2D eigenvalue weighted by molar-refractivity contribution is 7.14. The first-order valence-electron chi connectivity index (χ1n) is 8.39. The first kappa shape index (κ1) is 21.4. The van der Waals surface area contributed by atoms with Gasteiger partial charge < -0.3 is 4.74 Å². The summed E-state index contributed by atoms with van der Waals surface area (Å²) in [7, 11) is 0. The lowest BCUT2D eigenvalue weighted by Crippen LogP contribution is -2.21. The summed E-state index contributed by atoms with van der Waals surface area (Å²) in [6, 6.07) is 4.06. The molecule has 30 heavy (non-hydrogen) atoms. The Kier molecular flexibility index (Phi) is 6.10. The van der Waals surface area contributed by atoms with Gasteiger partial charge in [0.1, 0.15) is 5.82 Å². The van der Waals surface area contributed by atoms with Crippen molar-refractivity contribution < 1.29 is 31.9 Å². The molecule has 0 saturated carbocycles. The minimum atomic E-state index is -4.97. The number of thiazole rings is 1. The quantitative estimate of drug-likeness (QED) is 0.464. The number of hydrogen-bond donors (Lipinski definition) is 1. The molecule has 2 aromatic heterocycles. The van der Waals surface area contributed by atoms with Crippen LogP contribution in [0.15, 0.2) is 29.6 Å². The molecule has 0 radical (unpaired) electrons. The number of halogens is 4. The van der Waals surface area contributed by atoms with E-state index in [-0.39, 0.29) is 23.8 Å². The van der Waals surface area contributed by atoms with E-state index in [0.29, 0.717) is 10.4 Å². The third-order valence-electron chi connectivity index (χ3n) is 3.63. The van der Waals surface area contributed by atoms with E-state index in [1.165, 1.54) is 5.38 Å². The van der Waals surface area contributed by atoms with Crippen LogP contribution in [0.1, 0.15) is 28.8 Å². The zero-order valence-corrected chi connectivity index (χ0v) is 16.1. The zero-order valence-electron chi connectivity index (χ0n) is 15.2. The van der Waals surface area contributed by atoms with E-state index in [2.05, 4.69) is 20.6 Å². The van der Waals surface area contributed by atoms with E-state index in [4.69, 9.17) is 4.74 Å². The van der Waals surface area contributed by atoms with Gasteiger partial charge in [0.15, 0.2) is 16.5 Å². The minimum Gasteiger partial charge on any atom is -0.466 e. The summed E-state index contributed by atoms with van der Waals surface area (Å²) >= 11 is 0.922. The first-order valence-corrected chi connectivity index (χ1v) is 9.27. The predicted molar refractivity (Wildman–Crippen MR) is 96.7 cm³/mol. The number of carbonyl (C=O) groups excluding carboxylic acids is 2. The lowest BCUT2D eigenvalue weighted by molar-refractivity contribution is -0.143. The van der Waals surface area contributed by atoms with Crippen LogP contribution in [0, 0.1) is 5.82 Å². The molecule has 1 aromatic carbocycles. The zero-order chi connectivity index (χ0) is 21.9. The Balaban J connectivity index is 1.85. The fourth-order valence-corrected chi connectivity index (χ4v) is 3.12. The minimum absolute atomic E-state index is 0.0243. The van der Waals surface area contributed by atoms with Gasteiger partial charge in [-0.25, -0.2) is 14.1 Å². The molecule has 158 valence electrons. The Morgan fingerprint density at radius 3 is 2.57 bits per heavy atom. The first-order chi connectivity index (χ1) is 14.2. The molecule has 3 rings (SSSR count). The van der Waals surface area contributed by atoms with E-state index in [9.17, 15) is 27.2 Å². The number of anilines is 1. The molecular formula is C17H13F4N5O3S. The van der Waals surface area contributed by atoms with E-state index >= 15 is 0 Å². The Morgan fingerprint density at radius 2 is 1.93 bits per heavy atom. The van der Waals surface area contributed by atoms with Crippen LogP contribution in [0.3, 0.4) is 0 Å². The molecule has 0 atom stereocenters. The molecular weight excluding hydrogens is 430 g/mol. The number of rotatable bonds is 6. The molecule has 0 saturated heterocycles. The maximum absolute atomic E-state index is 13.6. The lowest BCUT2D eigenvalue weighted by atomic mass is 10.2. The maximum atomic E-state index is 13.6. The summed E-state index contributed by atoms with van der Waals surface area (Å²) in [5.41, 5.74) is -2.23. The van der Waals surface area contributed by atoms with Gasteiger partial charge in [-0.1, -0.05) is 5.21 Å². The van der Waals surface area contributed by atoms with Crippen LogP contribution in [0.4, 0.5) is 22.7 Å². The van der Waals surface area contributed by atoms with Gasteiger partial charge in [0, 0.05) is 5.38 Å². The molecule has 0 aliphatic carbocycles. The second-order valence-electron chi connectivity index (χ2n) is 5.75. The van der Waals surface area contributed by atoms with E-state index < -0.39 is 35.3 Å². The number of aromatic nitrogens is 4. The van der Waals surface area contributed by atoms with Gasteiger partial charge in [0.25, 0.3) is 5.91 Å². The number of hydrogen-bond acceptors (Lipinski definition) is 7. The predicted octanol–water partition coefficient (Wildman–Crippen LogP) is 3.24. The highest BCUT2D eigenvalue weighted by atomic mass is 32.1. The summed E-state index contributed by atoms with van der Waals surface area (Å²) in [5.74, 6) is -2.36. The highest BCUT2D eigenvalue weighted by Crippen LogP contribution is 2.33. The highest BCUT2D eigenvalue weighted by Gasteiger charge is 2.42. The average Bonchev–Trinajstić information content (AvgIpc) is 3.29. The topological polar surface area (TPSA) is 99.0 Å². The molecule has 0 aliphatic rings.